The van der Waals surface area contributed by atoms with Crippen molar-refractivity contribution in [1.82, 2.24) is 4.90 Å². The molecule has 0 saturated carbocycles. The second-order valence-electron chi connectivity index (χ2n) is 7.11. The number of hydrogen-bond donors (Lipinski definition) is 3. The Hall–Kier alpha value is -2.23. The van der Waals surface area contributed by atoms with E-state index in [-0.39, 0.29) is 11.1 Å². The van der Waals surface area contributed by atoms with Crippen LogP contribution in [0.1, 0.15) is 26.3 Å². The molecule has 0 spiro atoms. The molecule has 1 fully saturated rings. The molecule has 1 saturated heterocycles. The zero-order valence-electron chi connectivity index (χ0n) is 15.6. The normalized spacial score (nSPS) is 29.2. The lowest BCUT2D eigenvalue weighted by Crippen LogP contribution is -2.64. The predicted octanol–water partition coefficient (Wildman–Crippen LogP) is 1.19. The Labute approximate surface area is 171 Å². The average molecular weight is 415 g/mol. The van der Waals surface area contributed by atoms with Gasteiger partial charge in [-0.05, 0) is 30.7 Å². The zero-order valence-corrected chi connectivity index (χ0v) is 16.5. The van der Waals surface area contributed by atoms with Crippen molar-refractivity contribution in [2.75, 3.05) is 6.61 Å². The van der Waals surface area contributed by atoms with Crippen LogP contribution in [0.25, 0.3) is 0 Å². The van der Waals surface area contributed by atoms with Crippen molar-refractivity contribution in [1.29, 1.82) is 0 Å². The Morgan fingerprint density at radius 2 is 1.55 bits per heavy atom. The fourth-order valence-corrected chi connectivity index (χ4v) is 5.01. The summed E-state index contributed by atoms with van der Waals surface area (Å²) in [6, 6.07) is 12.8. The summed E-state index contributed by atoms with van der Waals surface area (Å²) in [7, 11) is 0. The van der Waals surface area contributed by atoms with E-state index in [1.165, 1.54) is 11.8 Å². The van der Waals surface area contributed by atoms with Crippen molar-refractivity contribution in [3.63, 3.8) is 0 Å². The van der Waals surface area contributed by atoms with Crippen LogP contribution in [0.3, 0.4) is 0 Å². The van der Waals surface area contributed by atoms with Crippen LogP contribution in [0, 0.1) is 6.92 Å². The molecule has 0 aliphatic carbocycles. The molecule has 2 aliphatic heterocycles. The van der Waals surface area contributed by atoms with Crippen molar-refractivity contribution in [3.8, 4) is 0 Å². The maximum Gasteiger partial charge on any atom is 0.262 e. The first-order chi connectivity index (χ1) is 13.9. The number of thioether (sulfide) groups is 1. The van der Waals surface area contributed by atoms with Gasteiger partial charge < -0.3 is 20.1 Å². The van der Waals surface area contributed by atoms with Gasteiger partial charge in [0.1, 0.15) is 29.8 Å². The predicted molar refractivity (Wildman–Crippen MR) is 106 cm³/mol. The fraction of sp³-hybridized carbons (Fsp3) is 0.333. The minimum atomic E-state index is -1.47. The quantitative estimate of drug-likeness (QED) is 0.644. The first-order valence-corrected chi connectivity index (χ1v) is 10.1. The van der Waals surface area contributed by atoms with Crippen LogP contribution >= 0.6 is 11.8 Å². The van der Waals surface area contributed by atoms with Gasteiger partial charge in [0.2, 0.25) is 0 Å². The number of carbonyl (C=O) groups is 2. The van der Waals surface area contributed by atoms with E-state index >= 15 is 0 Å². The highest BCUT2D eigenvalue weighted by atomic mass is 32.2. The minimum Gasteiger partial charge on any atom is -0.394 e. The molecule has 152 valence electrons. The molecule has 2 aromatic carbocycles. The Bertz CT molecular complexity index is 915. The second-order valence-corrected chi connectivity index (χ2v) is 8.25. The van der Waals surface area contributed by atoms with Gasteiger partial charge in [0.05, 0.1) is 17.7 Å². The SMILES string of the molecule is Cc1ccccc1SC1O[C@H](CO)[C@H](O)[C@H](O)[C@H]1N1C(=O)c2ccccc2C1=O. The van der Waals surface area contributed by atoms with Crippen molar-refractivity contribution < 1.29 is 29.6 Å². The highest BCUT2D eigenvalue weighted by Gasteiger charge is 2.53. The Morgan fingerprint density at radius 1 is 0.966 bits per heavy atom. The fourth-order valence-electron chi connectivity index (χ4n) is 3.73. The molecule has 0 radical (unpaired) electrons. The summed E-state index contributed by atoms with van der Waals surface area (Å²) in [5.41, 5.74) is 0.600. The molecule has 2 heterocycles. The third-order valence-corrected chi connectivity index (χ3v) is 6.64. The molecule has 2 aliphatic rings. The van der Waals surface area contributed by atoms with E-state index in [2.05, 4.69) is 0 Å². The van der Waals surface area contributed by atoms with E-state index in [0.717, 1.165) is 15.4 Å². The summed E-state index contributed by atoms with van der Waals surface area (Å²) in [4.78, 5) is 27.8. The molecule has 5 atom stereocenters. The molecule has 0 bridgehead atoms. The van der Waals surface area contributed by atoms with E-state index < -0.39 is 48.2 Å². The average Bonchev–Trinajstić information content (AvgIpc) is 2.97. The number of amides is 2. The minimum absolute atomic E-state index is 0.253. The van der Waals surface area contributed by atoms with Crippen molar-refractivity contribution in [2.24, 2.45) is 0 Å². The molecule has 4 rings (SSSR count). The smallest absolute Gasteiger partial charge is 0.262 e. The van der Waals surface area contributed by atoms with Crippen molar-refractivity contribution in [3.05, 3.63) is 65.2 Å². The van der Waals surface area contributed by atoms with Gasteiger partial charge in [0.15, 0.2) is 0 Å². The van der Waals surface area contributed by atoms with E-state index in [9.17, 15) is 24.9 Å². The van der Waals surface area contributed by atoms with E-state index in [4.69, 9.17) is 4.74 Å². The number of aliphatic hydroxyl groups is 3. The molecule has 8 heteroatoms. The number of ether oxygens (including phenoxy) is 1. The summed E-state index contributed by atoms with van der Waals surface area (Å²) in [5.74, 6) is -1.08. The van der Waals surface area contributed by atoms with E-state index in [1.54, 1.807) is 24.3 Å². The topological polar surface area (TPSA) is 107 Å². The Kier molecular flexibility index (Phi) is 5.46. The molecular formula is C21H21NO6S. The number of aliphatic hydroxyl groups excluding tert-OH is 3. The molecule has 29 heavy (non-hydrogen) atoms. The van der Waals surface area contributed by atoms with Crippen LogP contribution in [0.5, 0.6) is 0 Å². The number of nitrogens with zero attached hydrogens (tertiary/aromatic N) is 1. The highest BCUT2D eigenvalue weighted by molar-refractivity contribution is 7.99. The second kappa shape index (κ2) is 7.89. The van der Waals surface area contributed by atoms with E-state index in [0.29, 0.717) is 0 Å². The van der Waals surface area contributed by atoms with Gasteiger partial charge in [-0.2, -0.15) is 0 Å². The first kappa shape index (κ1) is 20.1. The van der Waals surface area contributed by atoms with Gasteiger partial charge in [0.25, 0.3) is 11.8 Å². The van der Waals surface area contributed by atoms with Gasteiger partial charge in [0, 0.05) is 4.90 Å². The third-order valence-electron chi connectivity index (χ3n) is 5.31. The molecule has 2 aromatic rings. The lowest BCUT2D eigenvalue weighted by atomic mass is 9.97. The van der Waals surface area contributed by atoms with Gasteiger partial charge in [-0.25, -0.2) is 0 Å². The van der Waals surface area contributed by atoms with E-state index in [1.807, 2.05) is 31.2 Å². The highest BCUT2D eigenvalue weighted by Crippen LogP contribution is 2.39. The number of imide groups is 1. The molecular weight excluding hydrogens is 394 g/mol. The number of aryl methyl sites for hydroxylation is 1. The van der Waals surface area contributed by atoms with Crippen LogP contribution in [-0.2, 0) is 4.74 Å². The van der Waals surface area contributed by atoms with Gasteiger partial charge in [-0.1, -0.05) is 42.1 Å². The van der Waals surface area contributed by atoms with Crippen LogP contribution < -0.4 is 0 Å². The monoisotopic (exact) mass is 415 g/mol. The zero-order chi connectivity index (χ0) is 20.7. The van der Waals surface area contributed by atoms with Crippen LogP contribution in [-0.4, -0.2) is 68.4 Å². The molecule has 3 N–H and O–H groups in total. The van der Waals surface area contributed by atoms with Crippen molar-refractivity contribution in [2.45, 2.75) is 41.6 Å². The molecule has 1 unspecified atom stereocenters. The van der Waals surface area contributed by atoms with Gasteiger partial charge in [-0.3, -0.25) is 14.5 Å². The number of benzene rings is 2. The lowest BCUT2D eigenvalue weighted by molar-refractivity contribution is -0.181. The number of hydrogen-bond acceptors (Lipinski definition) is 7. The largest absolute Gasteiger partial charge is 0.394 e. The summed E-state index contributed by atoms with van der Waals surface area (Å²) in [5, 5.41) is 30.8. The maximum atomic E-state index is 13.0. The third kappa shape index (κ3) is 3.37. The van der Waals surface area contributed by atoms with Crippen LogP contribution in [0.15, 0.2) is 53.4 Å². The standard InChI is InChI=1S/C21H21NO6S/c1-11-6-2-5-9-15(11)29-21-16(18(25)17(24)14(10-23)28-21)22-19(26)12-7-3-4-8-13(12)20(22)27/h2-9,14,16-18,21,23-25H,10H2,1H3/t14-,16-,17+,18-,21?/m1/s1. The molecule has 0 aromatic heterocycles. The molecule has 7 nitrogen and oxygen atoms in total. The Morgan fingerprint density at radius 3 is 2.14 bits per heavy atom. The summed E-state index contributed by atoms with van der Waals surface area (Å²) in [6.45, 7) is 1.41. The summed E-state index contributed by atoms with van der Waals surface area (Å²) in [6.07, 6.45) is -3.94. The van der Waals surface area contributed by atoms with Gasteiger partial charge >= 0.3 is 0 Å². The Balaban J connectivity index is 1.73. The molecule has 2 amide bonds. The number of carbonyl (C=O) groups excluding carboxylic acids is 2. The van der Waals surface area contributed by atoms with Crippen LogP contribution in [0.4, 0.5) is 0 Å². The van der Waals surface area contributed by atoms with Gasteiger partial charge in [-0.15, -0.1) is 0 Å². The van der Waals surface area contributed by atoms with Crippen LogP contribution in [0.2, 0.25) is 0 Å². The van der Waals surface area contributed by atoms with Crippen molar-refractivity contribution >= 4 is 23.6 Å². The summed E-state index contributed by atoms with van der Waals surface area (Å²) < 4.78 is 5.85. The summed E-state index contributed by atoms with van der Waals surface area (Å²) >= 11 is 1.24. The lowest BCUT2D eigenvalue weighted by Gasteiger charge is -2.45. The number of fused-ring (bicyclic) bond motifs is 1. The first-order valence-electron chi connectivity index (χ1n) is 9.25. The maximum absolute atomic E-state index is 13.0. The number of rotatable bonds is 4.